The largest absolute Gasteiger partial charge is 0.405 e. The molecular weight excluding hydrogens is 391 g/mol. The smallest absolute Gasteiger partial charge is 0.343 e. The molecule has 0 radical (unpaired) electrons. The first-order valence-electron chi connectivity index (χ1n) is 8.09. The molecule has 5 nitrogen and oxygen atoms in total. The molecule has 2 aromatic rings. The second kappa shape index (κ2) is 9.80. The molecule has 2 amide bonds. The highest BCUT2D eigenvalue weighted by Crippen LogP contribution is 2.18. The molecule has 0 aliphatic heterocycles. The molecule has 0 atom stereocenters. The van der Waals surface area contributed by atoms with E-state index >= 15 is 0 Å². The van der Waals surface area contributed by atoms with Crippen LogP contribution in [0.25, 0.3) is 0 Å². The number of rotatable bonds is 7. The van der Waals surface area contributed by atoms with Crippen molar-refractivity contribution in [1.82, 2.24) is 5.32 Å². The van der Waals surface area contributed by atoms with E-state index in [9.17, 15) is 22.8 Å². The number of nitriles is 1. The molecule has 0 saturated heterocycles. The van der Waals surface area contributed by atoms with Crippen molar-refractivity contribution in [1.29, 1.82) is 5.26 Å². The summed E-state index contributed by atoms with van der Waals surface area (Å²) in [4.78, 5) is 24.1. The molecule has 0 unspecified atom stereocenters. The lowest BCUT2D eigenvalue weighted by molar-refractivity contribution is -0.123. The van der Waals surface area contributed by atoms with Crippen LogP contribution in [0.2, 0.25) is 0 Å². The summed E-state index contributed by atoms with van der Waals surface area (Å²) in [5.74, 6) is -0.654. The molecule has 0 heterocycles. The highest BCUT2D eigenvalue weighted by Gasteiger charge is 2.28. The van der Waals surface area contributed by atoms with Crippen LogP contribution in [0, 0.1) is 11.3 Å². The summed E-state index contributed by atoms with van der Waals surface area (Å²) in [6.45, 7) is -1.45. The van der Waals surface area contributed by atoms with E-state index in [1.165, 1.54) is 30.0 Å². The number of anilines is 1. The summed E-state index contributed by atoms with van der Waals surface area (Å²) in [5, 5.41) is 13.1. The minimum Gasteiger partial charge on any atom is -0.343 e. The van der Waals surface area contributed by atoms with Gasteiger partial charge < -0.3 is 10.6 Å². The van der Waals surface area contributed by atoms with Crippen molar-refractivity contribution in [2.45, 2.75) is 11.9 Å². The van der Waals surface area contributed by atoms with Crippen LogP contribution in [0.4, 0.5) is 18.9 Å². The highest BCUT2D eigenvalue weighted by atomic mass is 32.2. The van der Waals surface area contributed by atoms with Crippen molar-refractivity contribution in [2.75, 3.05) is 17.6 Å². The number of carbonyl (C=O) groups is 2. The molecule has 0 bridgehead atoms. The average Bonchev–Trinajstić information content (AvgIpc) is 2.66. The number of nitrogens with one attached hydrogen (secondary N) is 2. The van der Waals surface area contributed by atoms with Crippen LogP contribution in [0.15, 0.2) is 48.5 Å². The normalized spacial score (nSPS) is 10.8. The summed E-state index contributed by atoms with van der Waals surface area (Å²) in [6.07, 6.45) is -4.52. The van der Waals surface area contributed by atoms with Gasteiger partial charge in [-0.1, -0.05) is 24.3 Å². The maximum absolute atomic E-state index is 12.3. The van der Waals surface area contributed by atoms with Gasteiger partial charge in [-0.3, -0.25) is 9.59 Å². The number of halogens is 3. The number of hydrogen-bond acceptors (Lipinski definition) is 4. The maximum Gasteiger partial charge on any atom is 0.405 e. The van der Waals surface area contributed by atoms with Gasteiger partial charge in [-0.05, 0) is 29.8 Å². The van der Waals surface area contributed by atoms with Gasteiger partial charge in [-0.25, -0.2) is 0 Å². The van der Waals surface area contributed by atoms with E-state index in [0.29, 0.717) is 11.3 Å². The Morgan fingerprint density at radius 2 is 1.75 bits per heavy atom. The third kappa shape index (κ3) is 6.96. The Hall–Kier alpha value is -2.99. The summed E-state index contributed by atoms with van der Waals surface area (Å²) < 4.78 is 36.8. The number of hydrogen-bond donors (Lipinski definition) is 2. The van der Waals surface area contributed by atoms with Crippen molar-refractivity contribution in [3.8, 4) is 6.07 Å². The first-order chi connectivity index (χ1) is 13.3. The highest BCUT2D eigenvalue weighted by molar-refractivity contribution is 7.99. The van der Waals surface area contributed by atoms with E-state index in [1.54, 1.807) is 35.6 Å². The molecule has 2 aromatic carbocycles. The Morgan fingerprint density at radius 3 is 2.39 bits per heavy atom. The molecule has 0 aliphatic carbocycles. The standard InChI is InChI=1S/C19H16F3N3O2S/c20-19(21,22)12-24-18(27)15-3-1-2-4-16(15)25-17(26)11-28-10-14-7-5-13(9-23)6-8-14/h1-8H,10-12H2,(H,24,27)(H,25,26). The lowest BCUT2D eigenvalue weighted by Crippen LogP contribution is -2.34. The van der Waals surface area contributed by atoms with E-state index in [0.717, 1.165) is 5.56 Å². The predicted octanol–water partition coefficient (Wildman–Crippen LogP) is 3.72. The zero-order valence-electron chi connectivity index (χ0n) is 14.5. The van der Waals surface area contributed by atoms with Crippen LogP contribution in [0.3, 0.4) is 0 Å². The minimum absolute atomic E-state index is 0.0443. The third-order valence-electron chi connectivity index (χ3n) is 3.48. The minimum atomic E-state index is -4.52. The Balaban J connectivity index is 1.89. The maximum atomic E-state index is 12.3. The molecule has 0 aromatic heterocycles. The van der Waals surface area contributed by atoms with Crippen molar-refractivity contribution in [2.24, 2.45) is 0 Å². The van der Waals surface area contributed by atoms with Crippen LogP contribution >= 0.6 is 11.8 Å². The number of para-hydroxylation sites is 1. The van der Waals surface area contributed by atoms with Gasteiger partial charge in [0.15, 0.2) is 0 Å². The fourth-order valence-corrected chi connectivity index (χ4v) is 2.98. The van der Waals surface area contributed by atoms with E-state index in [-0.39, 0.29) is 22.9 Å². The predicted molar refractivity (Wildman–Crippen MR) is 101 cm³/mol. The lowest BCUT2D eigenvalue weighted by Gasteiger charge is -2.12. The van der Waals surface area contributed by atoms with Gasteiger partial charge in [0.25, 0.3) is 5.91 Å². The van der Waals surface area contributed by atoms with Crippen LogP contribution in [0.1, 0.15) is 21.5 Å². The third-order valence-corrected chi connectivity index (χ3v) is 4.48. The molecule has 0 spiro atoms. The number of thioether (sulfide) groups is 1. The van der Waals surface area contributed by atoms with Crippen LogP contribution in [-0.4, -0.2) is 30.3 Å². The number of alkyl halides is 3. The summed E-state index contributed by atoms with van der Waals surface area (Å²) in [5.41, 5.74) is 1.60. The molecule has 2 rings (SSSR count). The summed E-state index contributed by atoms with van der Waals surface area (Å²) in [6, 6.07) is 14.8. The molecule has 146 valence electrons. The van der Waals surface area contributed by atoms with E-state index in [4.69, 9.17) is 5.26 Å². The second-order valence-electron chi connectivity index (χ2n) is 5.69. The lowest BCUT2D eigenvalue weighted by atomic mass is 10.1. The number of carbonyl (C=O) groups excluding carboxylic acids is 2. The van der Waals surface area contributed by atoms with Gasteiger partial charge in [0.05, 0.1) is 28.6 Å². The van der Waals surface area contributed by atoms with Crippen LogP contribution in [-0.2, 0) is 10.5 Å². The van der Waals surface area contributed by atoms with E-state index in [1.807, 2.05) is 6.07 Å². The van der Waals surface area contributed by atoms with Gasteiger partial charge in [-0.2, -0.15) is 18.4 Å². The molecule has 0 saturated carbocycles. The van der Waals surface area contributed by atoms with E-state index in [2.05, 4.69) is 5.32 Å². The summed E-state index contributed by atoms with van der Waals surface area (Å²) in [7, 11) is 0. The molecule has 9 heteroatoms. The second-order valence-corrected chi connectivity index (χ2v) is 6.68. The zero-order chi connectivity index (χ0) is 20.6. The molecule has 2 N–H and O–H groups in total. The summed E-state index contributed by atoms with van der Waals surface area (Å²) >= 11 is 1.33. The number of nitrogens with zero attached hydrogens (tertiary/aromatic N) is 1. The van der Waals surface area contributed by atoms with Crippen molar-refractivity contribution < 1.29 is 22.8 Å². The quantitative estimate of drug-likeness (QED) is 0.733. The zero-order valence-corrected chi connectivity index (χ0v) is 15.4. The average molecular weight is 407 g/mol. The van der Waals surface area contributed by atoms with Crippen molar-refractivity contribution >= 4 is 29.3 Å². The van der Waals surface area contributed by atoms with Gasteiger partial charge in [0.2, 0.25) is 5.91 Å². The van der Waals surface area contributed by atoms with Gasteiger partial charge in [0, 0.05) is 5.75 Å². The Bertz CT molecular complexity index is 877. The van der Waals surface area contributed by atoms with Crippen molar-refractivity contribution in [3.63, 3.8) is 0 Å². The SMILES string of the molecule is N#Cc1ccc(CSCC(=O)Nc2ccccc2C(=O)NCC(F)(F)F)cc1. The molecule has 28 heavy (non-hydrogen) atoms. The van der Waals surface area contributed by atoms with E-state index < -0.39 is 18.6 Å². The van der Waals surface area contributed by atoms with Gasteiger partial charge in [0.1, 0.15) is 6.54 Å². The number of benzene rings is 2. The fourth-order valence-electron chi connectivity index (χ4n) is 2.19. The Labute approximate surface area is 163 Å². The first-order valence-corrected chi connectivity index (χ1v) is 9.24. The number of amides is 2. The van der Waals surface area contributed by atoms with Crippen LogP contribution < -0.4 is 10.6 Å². The monoisotopic (exact) mass is 407 g/mol. The fraction of sp³-hybridized carbons (Fsp3) is 0.211. The topological polar surface area (TPSA) is 82.0 Å². The Kier molecular flexibility index (Phi) is 7.46. The molecule has 0 aliphatic rings. The Morgan fingerprint density at radius 1 is 1.07 bits per heavy atom. The first kappa shape index (κ1) is 21.3. The van der Waals surface area contributed by atoms with Crippen LogP contribution in [0.5, 0.6) is 0 Å². The van der Waals surface area contributed by atoms with Gasteiger partial charge in [-0.15, -0.1) is 11.8 Å². The van der Waals surface area contributed by atoms with Gasteiger partial charge >= 0.3 is 6.18 Å². The van der Waals surface area contributed by atoms with Crippen molar-refractivity contribution in [3.05, 3.63) is 65.2 Å². The molecule has 0 fully saturated rings. The molecular formula is C19H16F3N3O2S.